The summed E-state index contributed by atoms with van der Waals surface area (Å²) in [5, 5.41) is 13.9. The van der Waals surface area contributed by atoms with Gasteiger partial charge in [0.05, 0.1) is 6.04 Å². The summed E-state index contributed by atoms with van der Waals surface area (Å²) in [4.78, 5) is 18.6. The third-order valence-electron chi connectivity index (χ3n) is 3.77. The normalized spacial score (nSPS) is 19.4. The van der Waals surface area contributed by atoms with E-state index in [-0.39, 0.29) is 11.9 Å². The maximum absolute atomic E-state index is 12.7. The molecule has 0 aliphatic carbocycles. The van der Waals surface area contributed by atoms with Crippen molar-refractivity contribution in [2.45, 2.75) is 45.3 Å². The van der Waals surface area contributed by atoms with Gasteiger partial charge in [0.2, 0.25) is 11.8 Å². The minimum atomic E-state index is -0.185. The van der Waals surface area contributed by atoms with Crippen molar-refractivity contribution in [3.63, 3.8) is 0 Å². The Morgan fingerprint density at radius 2 is 2.41 bits per heavy atom. The lowest BCUT2D eigenvalue weighted by molar-refractivity contribution is -0.133. The zero-order valence-corrected chi connectivity index (χ0v) is 12.6. The van der Waals surface area contributed by atoms with Crippen molar-refractivity contribution < 1.29 is 9.32 Å². The van der Waals surface area contributed by atoms with Crippen LogP contribution < -0.4 is 5.32 Å². The SMILES string of the molecule is Cc1noc(CN2CCCCC(NCc3ccn[nH]3)C2=O)n1. The largest absolute Gasteiger partial charge is 0.337 e. The first kappa shape index (κ1) is 14.7. The van der Waals surface area contributed by atoms with Gasteiger partial charge in [-0.1, -0.05) is 5.16 Å². The highest BCUT2D eigenvalue weighted by Crippen LogP contribution is 2.15. The molecule has 1 unspecified atom stereocenters. The van der Waals surface area contributed by atoms with Crippen LogP contribution in [-0.4, -0.2) is 43.7 Å². The maximum Gasteiger partial charge on any atom is 0.246 e. The third-order valence-corrected chi connectivity index (χ3v) is 3.77. The highest BCUT2D eigenvalue weighted by atomic mass is 16.5. The number of hydrogen-bond acceptors (Lipinski definition) is 6. The van der Waals surface area contributed by atoms with Crippen molar-refractivity contribution in [2.75, 3.05) is 6.54 Å². The lowest BCUT2D eigenvalue weighted by Crippen LogP contribution is -2.44. The monoisotopic (exact) mass is 304 g/mol. The van der Waals surface area contributed by atoms with Gasteiger partial charge in [0, 0.05) is 25.0 Å². The Bertz CT molecular complexity index is 609. The highest BCUT2D eigenvalue weighted by molar-refractivity contribution is 5.82. The summed E-state index contributed by atoms with van der Waals surface area (Å²) in [7, 11) is 0. The molecule has 8 heteroatoms. The van der Waals surface area contributed by atoms with Crippen LogP contribution >= 0.6 is 0 Å². The number of nitrogens with zero attached hydrogens (tertiary/aromatic N) is 4. The fraction of sp³-hybridized carbons (Fsp3) is 0.571. The minimum Gasteiger partial charge on any atom is -0.337 e. The molecular formula is C14H20N6O2. The number of H-pyrrole nitrogens is 1. The summed E-state index contributed by atoms with van der Waals surface area (Å²) >= 11 is 0. The van der Waals surface area contributed by atoms with Gasteiger partial charge in [-0.2, -0.15) is 10.1 Å². The molecule has 1 aliphatic heterocycles. The fourth-order valence-electron chi connectivity index (χ4n) is 2.64. The van der Waals surface area contributed by atoms with E-state index in [1.165, 1.54) is 0 Å². The van der Waals surface area contributed by atoms with Crippen LogP contribution in [0.1, 0.15) is 36.7 Å². The van der Waals surface area contributed by atoms with E-state index in [2.05, 4.69) is 25.7 Å². The average Bonchev–Trinajstić information content (AvgIpc) is 3.12. The highest BCUT2D eigenvalue weighted by Gasteiger charge is 2.27. The van der Waals surface area contributed by atoms with Crippen LogP contribution in [0.3, 0.4) is 0 Å². The number of carbonyl (C=O) groups excluding carboxylic acids is 1. The molecule has 3 heterocycles. The molecule has 1 fully saturated rings. The molecule has 2 N–H and O–H groups in total. The molecule has 0 spiro atoms. The van der Waals surface area contributed by atoms with Crippen molar-refractivity contribution >= 4 is 5.91 Å². The molecule has 1 atom stereocenters. The first-order valence-corrected chi connectivity index (χ1v) is 7.52. The van der Waals surface area contributed by atoms with Gasteiger partial charge in [0.15, 0.2) is 5.82 Å². The molecular weight excluding hydrogens is 284 g/mol. The molecule has 0 saturated carbocycles. The number of aromatic nitrogens is 4. The number of rotatable bonds is 5. The minimum absolute atomic E-state index is 0.0906. The van der Waals surface area contributed by atoms with Crippen LogP contribution in [0.2, 0.25) is 0 Å². The summed E-state index contributed by atoms with van der Waals surface area (Å²) in [5.74, 6) is 1.17. The Balaban J connectivity index is 1.62. The molecule has 3 rings (SSSR count). The Morgan fingerprint density at radius 1 is 1.50 bits per heavy atom. The van der Waals surface area contributed by atoms with Crippen LogP contribution in [0.5, 0.6) is 0 Å². The van der Waals surface area contributed by atoms with Crippen LogP contribution in [0.4, 0.5) is 0 Å². The number of aryl methyl sites for hydroxylation is 1. The summed E-state index contributed by atoms with van der Waals surface area (Å²) in [6.07, 6.45) is 4.55. The van der Waals surface area contributed by atoms with E-state index in [1.54, 1.807) is 18.0 Å². The zero-order valence-electron chi connectivity index (χ0n) is 12.6. The fourth-order valence-corrected chi connectivity index (χ4v) is 2.64. The van der Waals surface area contributed by atoms with Crippen molar-refractivity contribution in [3.05, 3.63) is 29.7 Å². The molecule has 1 amide bonds. The number of hydrogen-bond donors (Lipinski definition) is 2. The Labute approximate surface area is 128 Å². The molecule has 0 bridgehead atoms. The topological polar surface area (TPSA) is 99.9 Å². The molecule has 8 nitrogen and oxygen atoms in total. The van der Waals surface area contributed by atoms with Gasteiger partial charge < -0.3 is 14.7 Å². The van der Waals surface area contributed by atoms with Crippen LogP contribution in [-0.2, 0) is 17.9 Å². The van der Waals surface area contributed by atoms with Crippen molar-refractivity contribution in [3.8, 4) is 0 Å². The van der Waals surface area contributed by atoms with E-state index < -0.39 is 0 Å². The van der Waals surface area contributed by atoms with E-state index in [9.17, 15) is 4.79 Å². The van der Waals surface area contributed by atoms with E-state index in [4.69, 9.17) is 4.52 Å². The van der Waals surface area contributed by atoms with E-state index in [0.717, 1.165) is 31.5 Å². The first-order valence-electron chi connectivity index (χ1n) is 7.52. The molecule has 1 aliphatic rings. The van der Waals surface area contributed by atoms with Gasteiger partial charge in [-0.3, -0.25) is 9.89 Å². The van der Waals surface area contributed by atoms with Gasteiger partial charge in [-0.25, -0.2) is 0 Å². The maximum atomic E-state index is 12.7. The Morgan fingerprint density at radius 3 is 3.14 bits per heavy atom. The molecule has 22 heavy (non-hydrogen) atoms. The van der Waals surface area contributed by atoms with Gasteiger partial charge in [0.1, 0.15) is 6.54 Å². The van der Waals surface area contributed by atoms with Gasteiger partial charge in [-0.15, -0.1) is 0 Å². The number of amides is 1. The van der Waals surface area contributed by atoms with Crippen molar-refractivity contribution in [1.29, 1.82) is 0 Å². The molecule has 2 aromatic heterocycles. The van der Waals surface area contributed by atoms with E-state index in [1.807, 2.05) is 6.07 Å². The smallest absolute Gasteiger partial charge is 0.246 e. The van der Waals surface area contributed by atoms with E-state index in [0.29, 0.717) is 24.8 Å². The van der Waals surface area contributed by atoms with Crippen LogP contribution in [0.25, 0.3) is 0 Å². The predicted octanol–water partition coefficient (Wildman–Crippen LogP) is 0.772. The average molecular weight is 304 g/mol. The lowest BCUT2D eigenvalue weighted by atomic mass is 10.1. The molecule has 0 radical (unpaired) electrons. The number of likely N-dealkylation sites (tertiary alicyclic amines) is 1. The van der Waals surface area contributed by atoms with E-state index >= 15 is 0 Å². The molecule has 1 saturated heterocycles. The van der Waals surface area contributed by atoms with Gasteiger partial charge >= 0.3 is 0 Å². The second-order valence-corrected chi connectivity index (χ2v) is 5.51. The third kappa shape index (κ3) is 3.51. The van der Waals surface area contributed by atoms with Crippen LogP contribution in [0.15, 0.2) is 16.8 Å². The van der Waals surface area contributed by atoms with Crippen molar-refractivity contribution in [1.82, 2.24) is 30.6 Å². The summed E-state index contributed by atoms with van der Waals surface area (Å²) < 4.78 is 5.12. The quantitative estimate of drug-likeness (QED) is 0.846. The van der Waals surface area contributed by atoms with Gasteiger partial charge in [0.25, 0.3) is 0 Å². The summed E-state index contributed by atoms with van der Waals surface area (Å²) in [6.45, 7) is 3.47. The molecule has 2 aromatic rings. The molecule has 0 aromatic carbocycles. The zero-order chi connectivity index (χ0) is 15.4. The Kier molecular flexibility index (Phi) is 4.47. The molecule has 118 valence electrons. The first-order chi connectivity index (χ1) is 10.7. The summed E-state index contributed by atoms with van der Waals surface area (Å²) in [5.41, 5.74) is 0.969. The second kappa shape index (κ2) is 6.69. The van der Waals surface area contributed by atoms with Crippen LogP contribution in [0, 0.1) is 6.92 Å². The Hall–Kier alpha value is -2.22. The number of aromatic amines is 1. The second-order valence-electron chi connectivity index (χ2n) is 5.51. The lowest BCUT2D eigenvalue weighted by Gasteiger charge is -2.23. The predicted molar refractivity (Wildman–Crippen MR) is 77.5 cm³/mol. The number of nitrogens with one attached hydrogen (secondary N) is 2. The van der Waals surface area contributed by atoms with Gasteiger partial charge in [-0.05, 0) is 32.3 Å². The standard InChI is InChI=1S/C14H20N6O2/c1-10-17-13(22-19-10)9-20-7-3-2-4-12(14(20)21)15-8-11-5-6-16-18-11/h5-6,12,15H,2-4,7-9H2,1H3,(H,16,18). The van der Waals surface area contributed by atoms with Crippen molar-refractivity contribution in [2.24, 2.45) is 0 Å². The summed E-state index contributed by atoms with van der Waals surface area (Å²) in [6, 6.07) is 1.71. The number of carbonyl (C=O) groups is 1.